The van der Waals surface area contributed by atoms with Crippen LogP contribution in [0.3, 0.4) is 0 Å². The Hall–Kier alpha value is -2.14. The Balaban J connectivity index is 2.85. The Labute approximate surface area is 82.0 Å². The summed E-state index contributed by atoms with van der Waals surface area (Å²) in [5.41, 5.74) is 7.13. The maximum absolute atomic E-state index is 9.27. The van der Waals surface area contributed by atoms with Crippen molar-refractivity contribution in [1.29, 1.82) is 0 Å². The van der Waals surface area contributed by atoms with Crippen LogP contribution < -0.4 is 5.73 Å². The van der Waals surface area contributed by atoms with Gasteiger partial charge in [0.1, 0.15) is 5.75 Å². The van der Waals surface area contributed by atoms with Gasteiger partial charge in [0.05, 0.1) is 5.69 Å². The van der Waals surface area contributed by atoms with Gasteiger partial charge >= 0.3 is 0 Å². The zero-order valence-corrected chi connectivity index (χ0v) is 7.49. The van der Waals surface area contributed by atoms with Crippen LogP contribution in [0.5, 0.6) is 5.75 Å². The number of fused-ring (bicyclic) bond motifs is 1. The molecule has 2 rings (SSSR count). The number of hydrogen-bond donors (Lipinski definition) is 2. The van der Waals surface area contributed by atoms with Crippen LogP contribution >= 0.6 is 0 Å². The van der Waals surface area contributed by atoms with Crippen LogP contribution in [0.2, 0.25) is 0 Å². The minimum atomic E-state index is 0.227. The van der Waals surface area contributed by atoms with Gasteiger partial charge in [-0.25, -0.2) is 0 Å². The molecule has 0 unspecified atom stereocenters. The first kappa shape index (κ1) is 8.46. The molecule has 0 amide bonds. The van der Waals surface area contributed by atoms with Crippen LogP contribution in [0.1, 0.15) is 5.56 Å². The fourth-order valence-corrected chi connectivity index (χ4v) is 1.47. The average molecular weight is 183 g/mol. The van der Waals surface area contributed by atoms with Crippen LogP contribution in [0, 0.1) is 12.3 Å². The SMILES string of the molecule is C#Cc1ccc2cc(O)ccc2c1N. The molecule has 0 aliphatic carbocycles. The molecule has 0 aliphatic heterocycles. The lowest BCUT2D eigenvalue weighted by molar-refractivity contribution is 0.476. The number of rotatable bonds is 0. The highest BCUT2D eigenvalue weighted by molar-refractivity contribution is 5.96. The van der Waals surface area contributed by atoms with Crippen molar-refractivity contribution in [2.24, 2.45) is 0 Å². The second-order valence-corrected chi connectivity index (χ2v) is 3.08. The summed E-state index contributed by atoms with van der Waals surface area (Å²) in [4.78, 5) is 0. The normalized spacial score (nSPS) is 9.93. The molecular formula is C12H9NO. The molecule has 2 aromatic carbocycles. The Morgan fingerprint density at radius 3 is 2.71 bits per heavy atom. The number of anilines is 1. The number of terminal acetylenes is 1. The molecule has 2 heteroatoms. The van der Waals surface area contributed by atoms with Crippen molar-refractivity contribution in [3.05, 3.63) is 35.9 Å². The van der Waals surface area contributed by atoms with Crippen LogP contribution in [0.4, 0.5) is 5.69 Å². The van der Waals surface area contributed by atoms with E-state index in [2.05, 4.69) is 5.92 Å². The van der Waals surface area contributed by atoms with E-state index in [1.54, 1.807) is 24.3 Å². The van der Waals surface area contributed by atoms with Gasteiger partial charge in [0, 0.05) is 10.9 Å². The molecule has 0 fully saturated rings. The third-order valence-corrected chi connectivity index (χ3v) is 2.20. The third kappa shape index (κ3) is 1.16. The Kier molecular flexibility index (Phi) is 1.79. The predicted molar refractivity (Wildman–Crippen MR) is 58.0 cm³/mol. The summed E-state index contributed by atoms with van der Waals surface area (Å²) in [6, 6.07) is 8.64. The number of nitrogens with two attached hydrogens (primary N) is 1. The molecule has 0 aliphatic rings. The lowest BCUT2D eigenvalue weighted by atomic mass is 10.0. The highest BCUT2D eigenvalue weighted by Gasteiger charge is 2.02. The van der Waals surface area contributed by atoms with Crippen molar-refractivity contribution in [3.8, 4) is 18.1 Å². The fraction of sp³-hybridized carbons (Fsp3) is 0. The minimum Gasteiger partial charge on any atom is -0.508 e. The zero-order valence-electron chi connectivity index (χ0n) is 7.49. The van der Waals surface area contributed by atoms with E-state index in [9.17, 15) is 5.11 Å². The van der Waals surface area contributed by atoms with Crippen LogP contribution in [0.25, 0.3) is 10.8 Å². The van der Waals surface area contributed by atoms with Gasteiger partial charge in [-0.1, -0.05) is 12.0 Å². The van der Waals surface area contributed by atoms with E-state index in [1.165, 1.54) is 0 Å². The summed E-state index contributed by atoms with van der Waals surface area (Å²) in [5, 5.41) is 11.0. The van der Waals surface area contributed by atoms with E-state index in [-0.39, 0.29) is 5.75 Å². The molecule has 2 nitrogen and oxygen atoms in total. The monoisotopic (exact) mass is 183 g/mol. The van der Waals surface area contributed by atoms with E-state index < -0.39 is 0 Å². The van der Waals surface area contributed by atoms with Crippen molar-refractivity contribution >= 4 is 16.5 Å². The van der Waals surface area contributed by atoms with Gasteiger partial charge in [-0.2, -0.15) is 0 Å². The van der Waals surface area contributed by atoms with Gasteiger partial charge < -0.3 is 10.8 Å². The van der Waals surface area contributed by atoms with Crippen molar-refractivity contribution in [2.45, 2.75) is 0 Å². The lowest BCUT2D eigenvalue weighted by Gasteiger charge is -2.04. The first-order valence-electron chi connectivity index (χ1n) is 4.20. The molecule has 3 N–H and O–H groups in total. The van der Waals surface area contributed by atoms with Gasteiger partial charge in [0.2, 0.25) is 0 Å². The Morgan fingerprint density at radius 2 is 2.00 bits per heavy atom. The van der Waals surface area contributed by atoms with Crippen molar-refractivity contribution < 1.29 is 5.11 Å². The largest absolute Gasteiger partial charge is 0.508 e. The van der Waals surface area contributed by atoms with E-state index in [0.717, 1.165) is 10.8 Å². The number of nitrogen functional groups attached to an aromatic ring is 1. The molecule has 14 heavy (non-hydrogen) atoms. The van der Waals surface area contributed by atoms with E-state index in [4.69, 9.17) is 12.2 Å². The quantitative estimate of drug-likeness (QED) is 0.485. The van der Waals surface area contributed by atoms with E-state index in [1.807, 2.05) is 6.07 Å². The third-order valence-electron chi connectivity index (χ3n) is 2.20. The second kappa shape index (κ2) is 2.97. The average Bonchev–Trinajstić information content (AvgIpc) is 2.18. The molecule has 0 bridgehead atoms. The maximum atomic E-state index is 9.27. The van der Waals surface area contributed by atoms with Gasteiger partial charge in [-0.15, -0.1) is 6.42 Å². The number of phenolic OH excluding ortho intramolecular Hbond substituents is 1. The molecule has 0 spiro atoms. The Morgan fingerprint density at radius 1 is 1.21 bits per heavy atom. The van der Waals surface area contributed by atoms with Gasteiger partial charge in [0.25, 0.3) is 0 Å². The molecular weight excluding hydrogens is 174 g/mol. The highest BCUT2D eigenvalue weighted by atomic mass is 16.3. The van der Waals surface area contributed by atoms with Crippen LogP contribution in [-0.2, 0) is 0 Å². The highest BCUT2D eigenvalue weighted by Crippen LogP contribution is 2.27. The number of hydrogen-bond acceptors (Lipinski definition) is 2. The van der Waals surface area contributed by atoms with E-state index >= 15 is 0 Å². The molecule has 0 saturated carbocycles. The van der Waals surface area contributed by atoms with E-state index in [0.29, 0.717) is 11.3 Å². The second-order valence-electron chi connectivity index (χ2n) is 3.08. The molecule has 0 atom stereocenters. The summed E-state index contributed by atoms with van der Waals surface area (Å²) in [6.45, 7) is 0. The van der Waals surface area contributed by atoms with Crippen molar-refractivity contribution in [1.82, 2.24) is 0 Å². The molecule has 0 radical (unpaired) electrons. The number of phenols is 1. The van der Waals surface area contributed by atoms with Crippen molar-refractivity contribution in [3.63, 3.8) is 0 Å². The summed E-state index contributed by atoms with van der Waals surface area (Å²) in [5.74, 6) is 2.74. The molecule has 0 aromatic heterocycles. The zero-order chi connectivity index (χ0) is 10.1. The van der Waals surface area contributed by atoms with Crippen LogP contribution in [0.15, 0.2) is 30.3 Å². The smallest absolute Gasteiger partial charge is 0.116 e. The number of benzene rings is 2. The maximum Gasteiger partial charge on any atom is 0.116 e. The molecule has 0 heterocycles. The van der Waals surface area contributed by atoms with Crippen molar-refractivity contribution in [2.75, 3.05) is 5.73 Å². The van der Waals surface area contributed by atoms with Gasteiger partial charge in [0.15, 0.2) is 0 Å². The number of aromatic hydroxyl groups is 1. The topological polar surface area (TPSA) is 46.2 Å². The summed E-state index contributed by atoms with van der Waals surface area (Å²) in [7, 11) is 0. The summed E-state index contributed by atoms with van der Waals surface area (Å²) < 4.78 is 0. The molecule has 0 saturated heterocycles. The predicted octanol–water partition coefficient (Wildman–Crippen LogP) is 2.11. The first-order chi connectivity index (χ1) is 6.72. The van der Waals surface area contributed by atoms with Gasteiger partial charge in [-0.3, -0.25) is 0 Å². The lowest BCUT2D eigenvalue weighted by Crippen LogP contribution is -1.91. The summed E-state index contributed by atoms with van der Waals surface area (Å²) in [6.07, 6.45) is 5.29. The molecule has 68 valence electrons. The summed E-state index contributed by atoms with van der Waals surface area (Å²) >= 11 is 0. The van der Waals surface area contributed by atoms with Gasteiger partial charge in [-0.05, 0) is 29.7 Å². The van der Waals surface area contributed by atoms with Crippen LogP contribution in [-0.4, -0.2) is 5.11 Å². The fourth-order valence-electron chi connectivity index (χ4n) is 1.47. The first-order valence-corrected chi connectivity index (χ1v) is 4.20. The molecule has 2 aromatic rings. The standard InChI is InChI=1S/C12H9NO/c1-2-8-3-4-9-7-10(14)5-6-11(9)12(8)13/h1,3-7,14H,13H2. The minimum absolute atomic E-state index is 0.227. The Bertz CT molecular complexity index is 538.